The quantitative estimate of drug-likeness (QED) is 0.0421. The standard InChI is InChI=1S/C64H93N11O17S/c1-7-9-26-41(56(84)69-45(33-50(81)82)60(88)72-52(35(3)4)55(65)83)68-61(89)47-27-19-30-75(47)64(92)46(34-93)71-58(86)43(31-38-20-13-10-14-21-38)70-62(90)53(36(5)8-2)73-63(91)54(51(39-22-15-11-16-23-39)40-24-17-12-18-25-40)74-57(85)42(28-29-48(77)78)67-59(87)44(32-49(79)80)66-37(6)76/h11-12,15-18,22-25,35-36,38,41-47,51-54,93H,7-10,13-14,19-21,26-34H2,1-6H3,(H2,65,83)(H,66,76)(H,67,87)(H,68,89)(H,69,84)(H,70,90)(H,71,86)(H,72,88)(H,73,91)(H,74,85)(H,77,78)(H,79,80)(H,81,82)/t36?,41?,42-,43-,44-,45-,46-,47+,52-,53-,54-/m0/s1. The lowest BCUT2D eigenvalue weighted by Gasteiger charge is -2.34. The van der Waals surface area contributed by atoms with Gasteiger partial charge in [0.1, 0.15) is 60.4 Å². The molecule has 2 aliphatic rings. The van der Waals surface area contributed by atoms with Crippen LogP contribution in [-0.2, 0) is 67.1 Å². The van der Waals surface area contributed by atoms with Crippen molar-refractivity contribution in [2.45, 2.75) is 211 Å². The zero-order valence-electron chi connectivity index (χ0n) is 53.6. The SMILES string of the molecule is CCCCC(NC(=O)[C@H]1CCCN1C(=O)[C@H](CS)NC(=O)[C@H](CC1CCCCC1)NC(=O)[C@@H](NC(=O)[C@@H](NC(=O)[C@H](CCC(=O)O)NC(=O)[C@H](CC(=O)O)NC(C)=O)C(c1ccccc1)c1ccccc1)C(C)CC)C(=O)N[C@@H](CC(=O)O)C(=O)N[C@H](C(N)=O)C(C)C. The number of likely N-dealkylation sites (tertiary alicyclic amines) is 1. The second kappa shape index (κ2) is 38.4. The highest BCUT2D eigenvalue weighted by Crippen LogP contribution is 2.31. The summed E-state index contributed by atoms with van der Waals surface area (Å²) in [5.74, 6) is -16.5. The van der Waals surface area contributed by atoms with E-state index in [1.54, 1.807) is 88.4 Å². The molecule has 1 aliphatic heterocycles. The van der Waals surface area contributed by atoms with Crippen LogP contribution in [-0.4, -0.2) is 176 Å². The zero-order chi connectivity index (χ0) is 69.1. The van der Waals surface area contributed by atoms with Crippen LogP contribution >= 0.6 is 12.6 Å². The second-order valence-electron chi connectivity index (χ2n) is 24.2. The molecule has 1 aliphatic carbocycles. The number of rotatable bonds is 38. The van der Waals surface area contributed by atoms with Gasteiger partial charge in [-0.15, -0.1) is 0 Å². The number of aliphatic carboxylic acids is 3. The smallest absolute Gasteiger partial charge is 0.305 e. The Hall–Kier alpha value is -8.63. The molecule has 29 heteroatoms. The molecule has 0 radical (unpaired) electrons. The van der Waals surface area contributed by atoms with Gasteiger partial charge in [0, 0.05) is 31.6 Å². The number of carboxylic acids is 3. The molecular weight excluding hydrogens is 1230 g/mol. The van der Waals surface area contributed by atoms with E-state index in [0.29, 0.717) is 43.2 Å². The summed E-state index contributed by atoms with van der Waals surface area (Å²) < 4.78 is 0. The summed E-state index contributed by atoms with van der Waals surface area (Å²) in [5.41, 5.74) is 6.46. The third kappa shape index (κ3) is 24.4. The van der Waals surface area contributed by atoms with Crippen molar-refractivity contribution in [1.82, 2.24) is 52.8 Å². The molecule has 0 spiro atoms. The maximum atomic E-state index is 15.3. The van der Waals surface area contributed by atoms with E-state index in [2.05, 4.69) is 60.5 Å². The Labute approximate surface area is 546 Å². The van der Waals surface area contributed by atoms with Gasteiger partial charge in [0.25, 0.3) is 0 Å². The third-order valence-corrected chi connectivity index (χ3v) is 17.1. The van der Waals surface area contributed by atoms with Crippen LogP contribution in [0.2, 0.25) is 0 Å². The molecule has 0 aromatic heterocycles. The summed E-state index contributed by atoms with van der Waals surface area (Å²) in [7, 11) is 0. The summed E-state index contributed by atoms with van der Waals surface area (Å²) in [5, 5.41) is 52.1. The predicted molar refractivity (Wildman–Crippen MR) is 342 cm³/mol. The number of nitrogens with one attached hydrogen (secondary N) is 9. The lowest BCUT2D eigenvalue weighted by atomic mass is 9.83. The normalized spacial score (nSPS) is 17.2. The molecule has 0 bridgehead atoms. The van der Waals surface area contributed by atoms with E-state index in [4.69, 9.17) is 5.73 Å². The van der Waals surface area contributed by atoms with Crippen LogP contribution in [0.4, 0.5) is 0 Å². The number of carbonyl (C=O) groups is 14. The molecule has 93 heavy (non-hydrogen) atoms. The number of nitrogens with zero attached hydrogens (tertiary/aromatic N) is 1. The van der Waals surface area contributed by atoms with Gasteiger partial charge in [0.15, 0.2) is 0 Å². The first kappa shape index (κ1) is 76.8. The van der Waals surface area contributed by atoms with Crippen molar-refractivity contribution in [2.75, 3.05) is 12.3 Å². The lowest BCUT2D eigenvalue weighted by Crippen LogP contribution is -2.62. The number of thiol groups is 1. The number of hydrogen-bond acceptors (Lipinski definition) is 15. The topological polar surface area (TPSA) is 437 Å². The Morgan fingerprint density at radius 2 is 1.01 bits per heavy atom. The third-order valence-electron chi connectivity index (χ3n) is 16.7. The number of nitrogens with two attached hydrogens (primary N) is 1. The van der Waals surface area contributed by atoms with Crippen LogP contribution in [0.5, 0.6) is 0 Å². The maximum absolute atomic E-state index is 15.3. The lowest BCUT2D eigenvalue weighted by molar-refractivity contribution is -0.143. The number of unbranched alkanes of at least 4 members (excludes halogenated alkanes) is 1. The van der Waals surface area contributed by atoms with Crippen molar-refractivity contribution in [3.05, 3.63) is 71.8 Å². The average molecular weight is 1320 g/mol. The molecule has 2 aromatic carbocycles. The van der Waals surface area contributed by atoms with E-state index in [-0.39, 0.29) is 43.9 Å². The molecule has 2 unspecified atom stereocenters. The number of carboxylic acid groups (broad SMARTS) is 3. The highest BCUT2D eigenvalue weighted by Gasteiger charge is 2.43. The minimum absolute atomic E-state index is 0.0513. The Morgan fingerprint density at radius 3 is 1.53 bits per heavy atom. The van der Waals surface area contributed by atoms with Gasteiger partial charge in [0.05, 0.1) is 12.8 Å². The second-order valence-corrected chi connectivity index (χ2v) is 24.6. The molecule has 28 nitrogen and oxygen atoms in total. The van der Waals surface area contributed by atoms with Crippen molar-refractivity contribution in [1.29, 1.82) is 0 Å². The van der Waals surface area contributed by atoms with E-state index in [1.165, 1.54) is 4.90 Å². The van der Waals surface area contributed by atoms with Gasteiger partial charge < -0.3 is 73.8 Å². The van der Waals surface area contributed by atoms with Gasteiger partial charge in [-0.05, 0) is 61.0 Å². The molecule has 11 amide bonds. The van der Waals surface area contributed by atoms with Gasteiger partial charge in [-0.25, -0.2) is 0 Å². The molecule has 512 valence electrons. The number of primary amides is 1. The van der Waals surface area contributed by atoms with Gasteiger partial charge in [0.2, 0.25) is 65.0 Å². The van der Waals surface area contributed by atoms with Crippen LogP contribution in [0.25, 0.3) is 0 Å². The molecule has 2 fully saturated rings. The van der Waals surface area contributed by atoms with Crippen molar-refractivity contribution in [3.8, 4) is 0 Å². The molecule has 1 heterocycles. The fourth-order valence-corrected chi connectivity index (χ4v) is 11.7. The van der Waals surface area contributed by atoms with Gasteiger partial charge in [-0.1, -0.05) is 147 Å². The van der Waals surface area contributed by atoms with Crippen LogP contribution in [0.3, 0.4) is 0 Å². The predicted octanol–water partition coefficient (Wildman–Crippen LogP) is 1.28. The summed E-state index contributed by atoms with van der Waals surface area (Å²) in [4.78, 5) is 190. The molecule has 1 saturated carbocycles. The number of amides is 11. The maximum Gasteiger partial charge on any atom is 0.305 e. The van der Waals surface area contributed by atoms with Crippen LogP contribution in [0.15, 0.2) is 60.7 Å². The average Bonchev–Trinajstić information content (AvgIpc) is 1.53. The molecule has 2 aromatic rings. The highest BCUT2D eigenvalue weighted by molar-refractivity contribution is 7.80. The Balaban J connectivity index is 1.67. The molecule has 4 rings (SSSR count). The van der Waals surface area contributed by atoms with Crippen LogP contribution in [0, 0.1) is 17.8 Å². The first-order valence-electron chi connectivity index (χ1n) is 31.8. The molecular formula is C64H93N11O17S. The van der Waals surface area contributed by atoms with Crippen LogP contribution in [0.1, 0.15) is 161 Å². The summed E-state index contributed by atoms with van der Waals surface area (Å²) in [6, 6.07) is 2.56. The first-order chi connectivity index (χ1) is 44.1. The van der Waals surface area contributed by atoms with E-state index in [9.17, 15) is 72.9 Å². The van der Waals surface area contributed by atoms with Gasteiger partial charge >= 0.3 is 17.9 Å². The van der Waals surface area contributed by atoms with Crippen LogP contribution < -0.4 is 53.6 Å². The van der Waals surface area contributed by atoms with E-state index in [0.717, 1.165) is 26.2 Å². The van der Waals surface area contributed by atoms with Crippen molar-refractivity contribution in [2.24, 2.45) is 23.5 Å². The molecule has 11 atom stereocenters. The van der Waals surface area contributed by atoms with E-state index in [1.807, 2.05) is 6.92 Å². The Bertz CT molecular complexity index is 2880. The summed E-state index contributed by atoms with van der Waals surface area (Å²) >= 11 is 4.45. The van der Waals surface area contributed by atoms with Crippen molar-refractivity contribution < 1.29 is 82.4 Å². The minimum atomic E-state index is -1.72. The number of hydrogen-bond donors (Lipinski definition) is 14. The number of benzene rings is 2. The largest absolute Gasteiger partial charge is 0.481 e. The number of carbonyl (C=O) groups excluding carboxylic acids is 11. The Morgan fingerprint density at radius 1 is 0.538 bits per heavy atom. The highest BCUT2D eigenvalue weighted by atomic mass is 32.1. The molecule has 14 N–H and O–H groups in total. The monoisotopic (exact) mass is 1320 g/mol. The minimum Gasteiger partial charge on any atom is -0.481 e. The zero-order valence-corrected chi connectivity index (χ0v) is 54.5. The fourth-order valence-electron chi connectivity index (χ4n) is 11.5. The van der Waals surface area contributed by atoms with Gasteiger partial charge in [-0.3, -0.25) is 67.1 Å². The van der Waals surface area contributed by atoms with Gasteiger partial charge in [-0.2, -0.15) is 12.6 Å². The Kier molecular flexibility index (Phi) is 31.7. The van der Waals surface area contributed by atoms with E-state index >= 15 is 9.59 Å². The summed E-state index contributed by atoms with van der Waals surface area (Å²) in [6.07, 6.45) is 2.97. The van der Waals surface area contributed by atoms with E-state index < -0.39 is 187 Å². The molecule has 1 saturated heterocycles. The van der Waals surface area contributed by atoms with Crippen molar-refractivity contribution in [3.63, 3.8) is 0 Å². The first-order valence-corrected chi connectivity index (χ1v) is 32.4. The summed E-state index contributed by atoms with van der Waals surface area (Å²) in [6.45, 7) is 9.59. The van der Waals surface area contributed by atoms with Crippen molar-refractivity contribution >= 4 is 95.5 Å². The fraction of sp³-hybridized carbons (Fsp3) is 0.594.